The Labute approximate surface area is 111 Å². The fourth-order valence-electron chi connectivity index (χ4n) is 3.78. The highest BCUT2D eigenvalue weighted by atomic mass is 16.1. The van der Waals surface area contributed by atoms with Crippen LogP contribution in [0.1, 0.15) is 58.3 Å². The lowest BCUT2D eigenvalue weighted by Crippen LogP contribution is -2.40. The zero-order valence-corrected chi connectivity index (χ0v) is 11.7. The molecule has 0 saturated heterocycles. The lowest BCUT2D eigenvalue weighted by molar-refractivity contribution is -0.123. The van der Waals surface area contributed by atoms with Gasteiger partial charge in [-0.15, -0.1) is 0 Å². The fourth-order valence-corrected chi connectivity index (χ4v) is 3.78. The van der Waals surface area contributed by atoms with Gasteiger partial charge in [0, 0.05) is 12.5 Å². The van der Waals surface area contributed by atoms with E-state index >= 15 is 0 Å². The summed E-state index contributed by atoms with van der Waals surface area (Å²) in [6.07, 6.45) is 9.37. The van der Waals surface area contributed by atoms with Gasteiger partial charge in [-0.25, -0.2) is 0 Å². The number of nitrogens with one attached hydrogen (secondary N) is 1. The van der Waals surface area contributed by atoms with Crippen LogP contribution in [0.25, 0.3) is 0 Å². The summed E-state index contributed by atoms with van der Waals surface area (Å²) in [5.41, 5.74) is 5.75. The summed E-state index contributed by atoms with van der Waals surface area (Å²) in [7, 11) is 0. The van der Waals surface area contributed by atoms with Crippen LogP contribution in [0.5, 0.6) is 0 Å². The number of rotatable bonds is 4. The normalized spacial score (nSPS) is 36.6. The van der Waals surface area contributed by atoms with Gasteiger partial charge in [-0.1, -0.05) is 26.2 Å². The number of carbonyl (C=O) groups excluding carboxylic acids is 1. The third kappa shape index (κ3) is 3.71. The molecular weight excluding hydrogens is 224 g/mol. The summed E-state index contributed by atoms with van der Waals surface area (Å²) >= 11 is 0. The quantitative estimate of drug-likeness (QED) is 0.807. The molecule has 104 valence electrons. The van der Waals surface area contributed by atoms with Gasteiger partial charge in [0.15, 0.2) is 0 Å². The molecule has 3 heteroatoms. The predicted octanol–water partition coefficient (Wildman–Crippen LogP) is 2.45. The number of amides is 1. The molecule has 2 rings (SSSR count). The van der Waals surface area contributed by atoms with Gasteiger partial charge >= 0.3 is 0 Å². The van der Waals surface area contributed by atoms with Crippen LogP contribution < -0.4 is 11.1 Å². The standard InChI is InChI=1S/C15H28N2O/c1-11-4-2-5-12(8-11)9-15(18)17-14-7-3-6-13(14)10-16/h11-14H,2-10,16H2,1H3,(H,17,18). The molecule has 0 aromatic carbocycles. The first-order valence-corrected chi connectivity index (χ1v) is 7.68. The van der Waals surface area contributed by atoms with Crippen molar-refractivity contribution in [2.45, 2.75) is 64.3 Å². The van der Waals surface area contributed by atoms with Gasteiger partial charge < -0.3 is 11.1 Å². The average Bonchev–Trinajstić information content (AvgIpc) is 2.76. The van der Waals surface area contributed by atoms with Crippen molar-refractivity contribution in [3.05, 3.63) is 0 Å². The number of nitrogens with two attached hydrogens (primary N) is 1. The van der Waals surface area contributed by atoms with E-state index in [2.05, 4.69) is 12.2 Å². The molecule has 3 N–H and O–H groups in total. The van der Waals surface area contributed by atoms with Crippen LogP contribution in [-0.2, 0) is 4.79 Å². The van der Waals surface area contributed by atoms with Crippen LogP contribution in [-0.4, -0.2) is 18.5 Å². The van der Waals surface area contributed by atoms with E-state index in [1.54, 1.807) is 0 Å². The molecule has 2 aliphatic rings. The summed E-state index contributed by atoms with van der Waals surface area (Å²) < 4.78 is 0. The molecule has 2 saturated carbocycles. The molecule has 2 fully saturated rings. The molecule has 4 atom stereocenters. The highest BCUT2D eigenvalue weighted by molar-refractivity contribution is 5.76. The van der Waals surface area contributed by atoms with Gasteiger partial charge in [0.2, 0.25) is 5.91 Å². The second-order valence-corrected chi connectivity index (χ2v) is 6.44. The Bertz CT molecular complexity index is 280. The highest BCUT2D eigenvalue weighted by Gasteiger charge is 2.28. The minimum atomic E-state index is 0.263. The summed E-state index contributed by atoms with van der Waals surface area (Å²) in [6.45, 7) is 3.02. The van der Waals surface area contributed by atoms with E-state index in [-0.39, 0.29) is 5.91 Å². The number of carbonyl (C=O) groups is 1. The highest BCUT2D eigenvalue weighted by Crippen LogP contribution is 2.31. The smallest absolute Gasteiger partial charge is 0.220 e. The van der Waals surface area contributed by atoms with Crippen molar-refractivity contribution < 1.29 is 4.79 Å². The Balaban J connectivity index is 1.74. The van der Waals surface area contributed by atoms with Gasteiger partial charge in [-0.05, 0) is 50.0 Å². The second-order valence-electron chi connectivity index (χ2n) is 6.44. The maximum atomic E-state index is 12.1. The molecule has 3 nitrogen and oxygen atoms in total. The van der Waals surface area contributed by atoms with Gasteiger partial charge in [-0.3, -0.25) is 4.79 Å². The average molecular weight is 252 g/mol. The summed E-state index contributed by atoms with van der Waals surface area (Å²) in [4.78, 5) is 12.1. The molecule has 0 aromatic rings. The summed E-state index contributed by atoms with van der Waals surface area (Å²) in [6, 6.07) is 0.350. The lowest BCUT2D eigenvalue weighted by atomic mass is 9.80. The van der Waals surface area contributed by atoms with Crippen molar-refractivity contribution in [3.63, 3.8) is 0 Å². The molecule has 1 amide bonds. The van der Waals surface area contributed by atoms with E-state index in [1.165, 1.54) is 38.5 Å². The van der Waals surface area contributed by atoms with Crippen LogP contribution in [0.3, 0.4) is 0 Å². The van der Waals surface area contributed by atoms with E-state index in [1.807, 2.05) is 0 Å². The van der Waals surface area contributed by atoms with E-state index in [0.29, 0.717) is 24.4 Å². The Morgan fingerprint density at radius 1 is 1.22 bits per heavy atom. The van der Waals surface area contributed by atoms with Crippen molar-refractivity contribution in [2.24, 2.45) is 23.5 Å². The minimum Gasteiger partial charge on any atom is -0.353 e. The van der Waals surface area contributed by atoms with Crippen molar-refractivity contribution in [1.29, 1.82) is 0 Å². The first-order chi connectivity index (χ1) is 8.69. The SMILES string of the molecule is CC1CCCC(CC(=O)NC2CCCC2CN)C1. The van der Waals surface area contributed by atoms with Crippen LogP contribution in [0.15, 0.2) is 0 Å². The van der Waals surface area contributed by atoms with Crippen LogP contribution >= 0.6 is 0 Å². The van der Waals surface area contributed by atoms with E-state index in [9.17, 15) is 4.79 Å². The molecule has 0 aromatic heterocycles. The Morgan fingerprint density at radius 2 is 2.00 bits per heavy atom. The first kappa shape index (κ1) is 13.9. The van der Waals surface area contributed by atoms with Crippen molar-refractivity contribution >= 4 is 5.91 Å². The number of hydrogen-bond acceptors (Lipinski definition) is 2. The maximum Gasteiger partial charge on any atom is 0.220 e. The van der Waals surface area contributed by atoms with Gasteiger partial charge in [0.25, 0.3) is 0 Å². The topological polar surface area (TPSA) is 55.1 Å². The Kier molecular flexibility index (Phi) is 5.04. The molecule has 0 bridgehead atoms. The zero-order chi connectivity index (χ0) is 13.0. The molecule has 0 radical (unpaired) electrons. The third-order valence-corrected chi connectivity index (χ3v) is 4.83. The Hall–Kier alpha value is -0.570. The lowest BCUT2D eigenvalue weighted by Gasteiger charge is -2.27. The summed E-state index contributed by atoms with van der Waals surface area (Å²) in [5.74, 6) is 2.20. The minimum absolute atomic E-state index is 0.263. The van der Waals surface area contributed by atoms with E-state index in [4.69, 9.17) is 5.73 Å². The van der Waals surface area contributed by atoms with Gasteiger partial charge in [-0.2, -0.15) is 0 Å². The summed E-state index contributed by atoms with van der Waals surface area (Å²) in [5, 5.41) is 3.22. The molecule has 0 aliphatic heterocycles. The van der Waals surface area contributed by atoms with Crippen molar-refractivity contribution in [2.75, 3.05) is 6.54 Å². The Morgan fingerprint density at radius 3 is 2.72 bits per heavy atom. The van der Waals surface area contributed by atoms with Crippen LogP contribution in [0.4, 0.5) is 0 Å². The van der Waals surface area contributed by atoms with Gasteiger partial charge in [0.05, 0.1) is 0 Å². The third-order valence-electron chi connectivity index (χ3n) is 4.83. The van der Waals surface area contributed by atoms with Crippen LogP contribution in [0, 0.1) is 17.8 Å². The fraction of sp³-hybridized carbons (Fsp3) is 0.933. The molecule has 18 heavy (non-hydrogen) atoms. The van der Waals surface area contributed by atoms with Gasteiger partial charge in [0.1, 0.15) is 0 Å². The second kappa shape index (κ2) is 6.55. The molecule has 0 heterocycles. The predicted molar refractivity (Wildman–Crippen MR) is 74.1 cm³/mol. The zero-order valence-electron chi connectivity index (χ0n) is 11.7. The monoisotopic (exact) mass is 252 g/mol. The molecular formula is C15H28N2O. The van der Waals surface area contributed by atoms with Crippen LogP contribution in [0.2, 0.25) is 0 Å². The van der Waals surface area contributed by atoms with E-state index in [0.717, 1.165) is 18.8 Å². The van der Waals surface area contributed by atoms with Crippen molar-refractivity contribution in [3.8, 4) is 0 Å². The van der Waals surface area contributed by atoms with Crippen molar-refractivity contribution in [1.82, 2.24) is 5.32 Å². The molecule has 0 spiro atoms. The molecule has 4 unspecified atom stereocenters. The first-order valence-electron chi connectivity index (χ1n) is 7.68. The van der Waals surface area contributed by atoms with E-state index < -0.39 is 0 Å². The number of hydrogen-bond donors (Lipinski definition) is 2. The maximum absolute atomic E-state index is 12.1. The largest absolute Gasteiger partial charge is 0.353 e. The molecule has 2 aliphatic carbocycles.